The Bertz CT molecular complexity index is 1310. The lowest BCUT2D eigenvalue weighted by Crippen LogP contribution is -2.36. The summed E-state index contributed by atoms with van der Waals surface area (Å²) in [4.78, 5) is 21.0. The second-order valence-corrected chi connectivity index (χ2v) is 10.9. The van der Waals surface area contributed by atoms with Crippen LogP contribution in [0.1, 0.15) is 63.0 Å². The van der Waals surface area contributed by atoms with Gasteiger partial charge in [0.2, 0.25) is 0 Å². The minimum atomic E-state index is -0.175. The molecule has 1 aromatic heterocycles. The van der Waals surface area contributed by atoms with Crippen molar-refractivity contribution in [1.29, 1.82) is 0 Å². The predicted molar refractivity (Wildman–Crippen MR) is 176 cm³/mol. The molecular weight excluding hydrogens is 522 g/mol. The van der Waals surface area contributed by atoms with Gasteiger partial charge in [0.1, 0.15) is 11.5 Å². The Balaban J connectivity index is 1.59. The first-order chi connectivity index (χ1) is 20.2. The van der Waals surface area contributed by atoms with Crippen LogP contribution in [0.25, 0.3) is 0 Å². The maximum absolute atomic E-state index is 11.8. The average Bonchev–Trinajstić information content (AvgIpc) is 2.98. The highest BCUT2D eigenvalue weighted by Crippen LogP contribution is 2.15. The highest BCUT2D eigenvalue weighted by atomic mass is 16.1. The van der Waals surface area contributed by atoms with Crippen LogP contribution >= 0.6 is 0 Å². The zero-order valence-corrected chi connectivity index (χ0v) is 26.1. The number of amidine groups is 1. The van der Waals surface area contributed by atoms with Crippen LogP contribution in [0.4, 0.5) is 0 Å². The maximum atomic E-state index is 11.8. The second kappa shape index (κ2) is 17.0. The second-order valence-electron chi connectivity index (χ2n) is 10.9. The molecule has 1 amide bonds. The summed E-state index contributed by atoms with van der Waals surface area (Å²) < 4.78 is 0. The van der Waals surface area contributed by atoms with Crippen LogP contribution in [-0.4, -0.2) is 67.2 Å². The first-order valence-electron chi connectivity index (χ1n) is 14.7. The molecule has 224 valence electrons. The lowest BCUT2D eigenvalue weighted by molar-refractivity contribution is 0.0958. The minimum absolute atomic E-state index is 0.0383. The van der Waals surface area contributed by atoms with Gasteiger partial charge in [0.25, 0.3) is 5.91 Å². The number of rotatable bonds is 11. The number of hydrogen-bond acceptors (Lipinski definition) is 7. The fourth-order valence-electron chi connectivity index (χ4n) is 4.71. The van der Waals surface area contributed by atoms with Crippen LogP contribution in [0.3, 0.4) is 0 Å². The molecule has 0 spiro atoms. The Hall–Kier alpha value is -4.04. The molecule has 2 bridgehead atoms. The highest BCUT2D eigenvalue weighted by Gasteiger charge is 2.15. The molecule has 0 fully saturated rings. The van der Waals surface area contributed by atoms with Crippen molar-refractivity contribution in [3.05, 3.63) is 101 Å². The molecule has 3 heterocycles. The van der Waals surface area contributed by atoms with Gasteiger partial charge in [-0.05, 0) is 70.7 Å². The van der Waals surface area contributed by atoms with Gasteiger partial charge in [0.05, 0.1) is 18.3 Å². The van der Waals surface area contributed by atoms with E-state index in [1.54, 1.807) is 19.3 Å². The number of hydrazone groups is 1. The van der Waals surface area contributed by atoms with Gasteiger partial charge in [0, 0.05) is 45.5 Å². The third-order valence-electron chi connectivity index (χ3n) is 6.86. The molecule has 2 aliphatic rings. The minimum Gasteiger partial charge on any atom is -0.354 e. The van der Waals surface area contributed by atoms with E-state index in [4.69, 9.17) is 10.1 Å². The fraction of sp³-hybridized carbons (Fsp3) is 0.412. The summed E-state index contributed by atoms with van der Waals surface area (Å²) in [5.41, 5.74) is 7.57. The zero-order chi connectivity index (χ0) is 30.3. The van der Waals surface area contributed by atoms with Crippen LogP contribution in [0.5, 0.6) is 0 Å². The van der Waals surface area contributed by atoms with Crippen molar-refractivity contribution in [3.63, 3.8) is 0 Å². The molecule has 3 rings (SSSR count). The van der Waals surface area contributed by atoms with Gasteiger partial charge in [0.15, 0.2) is 0 Å². The first kappa shape index (κ1) is 32.5. The van der Waals surface area contributed by atoms with Crippen molar-refractivity contribution in [2.75, 3.05) is 33.7 Å². The van der Waals surface area contributed by atoms with Gasteiger partial charge in [-0.1, -0.05) is 59.2 Å². The Morgan fingerprint density at radius 1 is 1.19 bits per heavy atom. The molecule has 0 radical (unpaired) electrons. The molecule has 0 saturated carbocycles. The number of carbonyl (C=O) groups excluding carboxylic acids is 1. The Kier molecular flexibility index (Phi) is 13.2. The third kappa shape index (κ3) is 11.4. The Labute approximate surface area is 251 Å². The number of likely N-dealkylation sites (N-methyl/N-ethyl adjacent to an activating group) is 1. The number of aromatic nitrogens is 1. The van der Waals surface area contributed by atoms with Crippen molar-refractivity contribution in [1.82, 2.24) is 25.9 Å². The molecule has 42 heavy (non-hydrogen) atoms. The topological polar surface area (TPSA) is 94.0 Å². The van der Waals surface area contributed by atoms with Gasteiger partial charge in [-0.25, -0.2) is 0 Å². The highest BCUT2D eigenvalue weighted by molar-refractivity contribution is 5.93. The summed E-state index contributed by atoms with van der Waals surface area (Å²) in [6.45, 7) is 10.8. The van der Waals surface area contributed by atoms with E-state index in [2.05, 4.69) is 83.4 Å². The first-order valence-corrected chi connectivity index (χ1v) is 14.7. The third-order valence-corrected chi connectivity index (χ3v) is 6.86. The van der Waals surface area contributed by atoms with Crippen molar-refractivity contribution < 1.29 is 4.79 Å². The van der Waals surface area contributed by atoms with E-state index in [9.17, 15) is 4.79 Å². The number of aliphatic imine (C=N–C) groups is 1. The number of hydrogen-bond donors (Lipinski definition) is 3. The number of allylic oxidation sites excluding steroid dienone is 7. The van der Waals surface area contributed by atoms with Gasteiger partial charge in [-0.2, -0.15) is 5.10 Å². The molecule has 1 unspecified atom stereocenters. The Morgan fingerprint density at radius 2 is 2.00 bits per heavy atom. The molecule has 8 heteroatoms. The lowest BCUT2D eigenvalue weighted by Gasteiger charge is -2.23. The molecule has 1 aromatic rings. The summed E-state index contributed by atoms with van der Waals surface area (Å²) >= 11 is 0. The molecule has 0 aromatic carbocycles. The van der Waals surface area contributed by atoms with E-state index in [1.165, 1.54) is 22.4 Å². The zero-order valence-electron chi connectivity index (χ0n) is 26.1. The van der Waals surface area contributed by atoms with Gasteiger partial charge in [-0.15, -0.1) is 0 Å². The van der Waals surface area contributed by atoms with Crippen molar-refractivity contribution in [3.8, 4) is 0 Å². The summed E-state index contributed by atoms with van der Waals surface area (Å²) in [5.74, 6) is 0.753. The maximum Gasteiger partial charge on any atom is 0.269 e. The molecule has 1 atom stereocenters. The standard InChI is InChI=1S/C34H47N7O/c1-7-8-12-28(19-29-15-17-32(37-23-29)34(42)35-5)13-10-9-11-27(4)40-41(6)24-33-38-30-16-14-25(2)21-36-22-26(3)18-31(20-30)39-33/h7-9,11,13-15,17-18,20,23,31,36H,10,12,16,19,21-22,24H2,1-6H3,(H,35,42)(H,38,39)/b8-7?,11-9+,25-14+,26-18+,28-13?,40-27+. The molecule has 2 aliphatic heterocycles. The Morgan fingerprint density at radius 3 is 2.74 bits per heavy atom. The number of nitrogens with zero attached hydrogens (tertiary/aromatic N) is 4. The van der Waals surface area contributed by atoms with Crippen LogP contribution in [0, 0.1) is 0 Å². The lowest BCUT2D eigenvalue weighted by atomic mass is 10.0. The van der Waals surface area contributed by atoms with Crippen LogP contribution in [0.2, 0.25) is 0 Å². The van der Waals surface area contributed by atoms with Crippen molar-refractivity contribution >= 4 is 17.5 Å². The number of pyridine rings is 1. The predicted octanol–water partition coefficient (Wildman–Crippen LogP) is 5.27. The average molecular weight is 570 g/mol. The largest absolute Gasteiger partial charge is 0.354 e. The molecule has 8 nitrogen and oxygen atoms in total. The molecule has 0 saturated heterocycles. The SMILES string of the molecule is CC=CCC(=CC/C=C/C(C)=N/N(C)CC1=NC2C=C(C/C=C(\C)CNC/C(C)=C/2)N1)Cc1ccc(C(=O)NC)nc1. The quantitative estimate of drug-likeness (QED) is 0.192. The molecule has 0 aliphatic carbocycles. The van der Waals surface area contributed by atoms with E-state index in [-0.39, 0.29) is 11.9 Å². The van der Waals surface area contributed by atoms with Crippen molar-refractivity contribution in [2.45, 2.75) is 59.4 Å². The number of fused-ring (bicyclic) bond motifs is 1. The van der Waals surface area contributed by atoms with Gasteiger partial charge in [-0.3, -0.25) is 19.8 Å². The normalized spacial score (nSPS) is 21.0. The summed E-state index contributed by atoms with van der Waals surface area (Å²) in [6, 6.07) is 3.78. The van der Waals surface area contributed by atoms with Crippen LogP contribution in [-0.2, 0) is 6.42 Å². The van der Waals surface area contributed by atoms with E-state index in [0.717, 1.165) is 55.9 Å². The monoisotopic (exact) mass is 569 g/mol. The van der Waals surface area contributed by atoms with Gasteiger partial charge < -0.3 is 16.0 Å². The number of nitrogens with one attached hydrogen (secondary N) is 3. The molecule has 3 N–H and O–H groups in total. The van der Waals surface area contributed by atoms with Crippen LogP contribution in [0.15, 0.2) is 99.4 Å². The van der Waals surface area contributed by atoms with E-state index in [0.29, 0.717) is 12.2 Å². The van der Waals surface area contributed by atoms with Gasteiger partial charge >= 0.3 is 0 Å². The van der Waals surface area contributed by atoms with E-state index < -0.39 is 0 Å². The van der Waals surface area contributed by atoms with E-state index in [1.807, 2.05) is 32.0 Å². The molecular formula is C34H47N7O. The number of carbonyl (C=O) groups is 1. The summed E-state index contributed by atoms with van der Waals surface area (Å²) in [5, 5.41) is 16.3. The number of amides is 1. The van der Waals surface area contributed by atoms with Crippen molar-refractivity contribution in [2.24, 2.45) is 10.1 Å². The van der Waals surface area contributed by atoms with Crippen LogP contribution < -0.4 is 16.0 Å². The smallest absolute Gasteiger partial charge is 0.269 e. The summed E-state index contributed by atoms with van der Waals surface area (Å²) in [7, 11) is 3.59. The fourth-order valence-corrected chi connectivity index (χ4v) is 4.71. The summed E-state index contributed by atoms with van der Waals surface area (Å²) in [6.07, 6.45) is 22.6. The van der Waals surface area contributed by atoms with E-state index >= 15 is 0 Å².